The minimum atomic E-state index is -0.902. The van der Waals surface area contributed by atoms with Gasteiger partial charge in [-0.25, -0.2) is 19.3 Å². The molecule has 1 aliphatic heterocycles. The van der Waals surface area contributed by atoms with Gasteiger partial charge in [-0.05, 0) is 64.3 Å². The first-order chi connectivity index (χ1) is 18.3. The predicted octanol–water partition coefficient (Wildman–Crippen LogP) is 2.20. The number of carbonyl (C=O) groups excluding carboxylic acids is 1. The van der Waals surface area contributed by atoms with Crippen LogP contribution >= 0.6 is 0 Å². The molecule has 1 aliphatic rings. The van der Waals surface area contributed by atoms with E-state index in [1.165, 1.54) is 12.1 Å². The molecule has 0 radical (unpaired) electrons. The van der Waals surface area contributed by atoms with E-state index in [9.17, 15) is 9.18 Å². The molecule has 0 bridgehead atoms. The third kappa shape index (κ3) is 6.70. The highest BCUT2D eigenvalue weighted by Gasteiger charge is 2.40. The lowest BCUT2D eigenvalue weighted by atomic mass is 9.91. The second kappa shape index (κ2) is 12.4. The van der Waals surface area contributed by atoms with Gasteiger partial charge in [0.25, 0.3) is 0 Å². The molecule has 0 atom stereocenters. The van der Waals surface area contributed by atoms with Crippen molar-refractivity contribution in [3.63, 3.8) is 0 Å². The topological polar surface area (TPSA) is 138 Å². The molecule has 204 valence electrons. The number of aliphatic hydroxyl groups is 1. The number of aliphatic hydroxyl groups excluding tert-OH is 1. The van der Waals surface area contributed by atoms with E-state index in [0.29, 0.717) is 34.4 Å². The summed E-state index contributed by atoms with van der Waals surface area (Å²) < 4.78 is 25.4. The molecule has 1 fully saturated rings. The Morgan fingerprint density at radius 1 is 1.18 bits per heavy atom. The van der Waals surface area contributed by atoms with E-state index in [1.807, 2.05) is 14.1 Å². The maximum atomic E-state index is 13.6. The molecule has 38 heavy (non-hydrogen) atoms. The Hall–Kier alpha value is -3.45. The molecule has 0 aliphatic carbocycles. The van der Waals surface area contributed by atoms with Crippen LogP contribution in [0.1, 0.15) is 25.5 Å². The van der Waals surface area contributed by atoms with Gasteiger partial charge in [0.05, 0.1) is 42.3 Å². The Morgan fingerprint density at radius 2 is 1.92 bits per heavy atom. The van der Waals surface area contributed by atoms with Crippen molar-refractivity contribution >= 4 is 11.9 Å². The average Bonchev–Trinajstić information content (AvgIpc) is 3.36. The van der Waals surface area contributed by atoms with Crippen LogP contribution in [0, 0.1) is 11.2 Å². The number of anilines is 1. The number of nitrogens with zero attached hydrogens (tertiary/aromatic N) is 4. The van der Waals surface area contributed by atoms with Crippen LogP contribution in [0.5, 0.6) is 0 Å². The molecule has 0 saturated carbocycles. The first-order valence-electron chi connectivity index (χ1n) is 12.5. The van der Waals surface area contributed by atoms with Gasteiger partial charge in [0.1, 0.15) is 5.82 Å². The normalized spacial score (nSPS) is 19.5. The lowest BCUT2D eigenvalue weighted by Gasteiger charge is -2.35. The van der Waals surface area contributed by atoms with E-state index in [-0.39, 0.29) is 38.1 Å². The molecule has 12 heteroatoms. The zero-order chi connectivity index (χ0) is 27.1. The molecule has 1 amide bonds. The summed E-state index contributed by atoms with van der Waals surface area (Å²) in [5.74, 6) is 0.271. The van der Waals surface area contributed by atoms with Crippen LogP contribution in [-0.2, 0) is 14.3 Å². The summed E-state index contributed by atoms with van der Waals surface area (Å²) in [7, 11) is 4.05. The number of ether oxygens (including phenoxy) is 2. The standard InChI is InChI=1S/C26H34FN7O4/c1-26(24(36)28-12-14-35)15-37-23(38-16-26)22-32-20(17-5-7-18(27)8-6-17)21(33-22)19-9-11-30-25(31-19)29-10-4-13-34(2)3/h5-9,11,23,35H,4,10,12-16H2,1-3H3,(H,28,36)(H,32,33)(H,29,30,31). The Labute approximate surface area is 220 Å². The van der Waals surface area contributed by atoms with E-state index in [4.69, 9.17) is 19.6 Å². The van der Waals surface area contributed by atoms with Gasteiger partial charge < -0.3 is 35.1 Å². The summed E-state index contributed by atoms with van der Waals surface area (Å²) in [5.41, 5.74) is 1.54. The fourth-order valence-electron chi connectivity index (χ4n) is 3.96. The second-order valence-electron chi connectivity index (χ2n) is 9.70. The van der Waals surface area contributed by atoms with Crippen molar-refractivity contribution in [2.24, 2.45) is 5.41 Å². The number of rotatable bonds is 11. The minimum Gasteiger partial charge on any atom is -0.395 e. The Balaban J connectivity index is 1.57. The maximum absolute atomic E-state index is 13.6. The van der Waals surface area contributed by atoms with Crippen molar-refractivity contribution in [3.05, 3.63) is 48.2 Å². The largest absolute Gasteiger partial charge is 0.395 e. The van der Waals surface area contributed by atoms with Crippen LogP contribution in [0.15, 0.2) is 36.5 Å². The quantitative estimate of drug-likeness (QED) is 0.277. The number of imidazole rings is 1. The number of aromatic nitrogens is 4. The lowest BCUT2D eigenvalue weighted by molar-refractivity contribution is -0.231. The van der Waals surface area contributed by atoms with Crippen molar-refractivity contribution in [1.82, 2.24) is 30.2 Å². The van der Waals surface area contributed by atoms with Crippen molar-refractivity contribution in [2.45, 2.75) is 19.6 Å². The molecule has 3 aromatic rings. The molecule has 1 aromatic carbocycles. The molecule has 11 nitrogen and oxygen atoms in total. The lowest BCUT2D eigenvalue weighted by Crippen LogP contribution is -2.49. The SMILES string of the molecule is CN(C)CCCNc1nccc(-c2[nH]c(C3OCC(C)(C(=O)NCCO)CO3)nc2-c2ccc(F)cc2)n1. The highest BCUT2D eigenvalue weighted by atomic mass is 19.1. The van der Waals surface area contributed by atoms with Crippen molar-refractivity contribution < 1.29 is 23.8 Å². The summed E-state index contributed by atoms with van der Waals surface area (Å²) in [5, 5.41) is 14.9. The molecular weight excluding hydrogens is 493 g/mol. The maximum Gasteiger partial charge on any atom is 0.230 e. The first-order valence-corrected chi connectivity index (χ1v) is 12.5. The van der Waals surface area contributed by atoms with Gasteiger partial charge in [0.15, 0.2) is 5.82 Å². The number of nitrogens with one attached hydrogen (secondary N) is 3. The molecule has 4 rings (SSSR count). The monoisotopic (exact) mass is 527 g/mol. The molecule has 3 heterocycles. The average molecular weight is 528 g/mol. The molecule has 2 aromatic heterocycles. The third-order valence-electron chi connectivity index (χ3n) is 6.09. The molecule has 4 N–H and O–H groups in total. The van der Waals surface area contributed by atoms with Crippen molar-refractivity contribution in [2.75, 3.05) is 58.9 Å². The fourth-order valence-corrected chi connectivity index (χ4v) is 3.96. The highest BCUT2D eigenvalue weighted by molar-refractivity contribution is 5.82. The number of H-pyrrole nitrogens is 1. The van der Waals surface area contributed by atoms with Gasteiger partial charge in [-0.2, -0.15) is 0 Å². The van der Waals surface area contributed by atoms with E-state index >= 15 is 0 Å². The van der Waals surface area contributed by atoms with Gasteiger partial charge in [0, 0.05) is 24.8 Å². The first kappa shape index (κ1) is 27.6. The van der Waals surface area contributed by atoms with E-state index in [0.717, 1.165) is 19.5 Å². The number of aromatic amines is 1. The van der Waals surface area contributed by atoms with Crippen molar-refractivity contribution in [1.29, 1.82) is 0 Å². The predicted molar refractivity (Wildman–Crippen MR) is 140 cm³/mol. The Bertz CT molecular complexity index is 1210. The van der Waals surface area contributed by atoms with Gasteiger partial charge >= 0.3 is 0 Å². The fraction of sp³-hybridized carbons (Fsp3) is 0.462. The van der Waals surface area contributed by atoms with Gasteiger partial charge in [-0.1, -0.05) is 0 Å². The molecule has 1 saturated heterocycles. The van der Waals surface area contributed by atoms with Gasteiger partial charge in [-0.15, -0.1) is 0 Å². The van der Waals surface area contributed by atoms with Crippen LogP contribution in [0.4, 0.5) is 10.3 Å². The number of amides is 1. The smallest absolute Gasteiger partial charge is 0.230 e. The summed E-state index contributed by atoms with van der Waals surface area (Å²) in [6, 6.07) is 7.79. The summed E-state index contributed by atoms with van der Waals surface area (Å²) in [4.78, 5) is 31.6. The number of hydrogen-bond donors (Lipinski definition) is 4. The molecule has 0 spiro atoms. The number of hydrogen-bond acceptors (Lipinski definition) is 9. The number of benzene rings is 1. The highest BCUT2D eigenvalue weighted by Crippen LogP contribution is 2.35. The Kier molecular flexibility index (Phi) is 9.00. The van der Waals surface area contributed by atoms with E-state index in [1.54, 1.807) is 31.3 Å². The van der Waals surface area contributed by atoms with E-state index < -0.39 is 11.7 Å². The zero-order valence-electron chi connectivity index (χ0n) is 21.8. The van der Waals surface area contributed by atoms with Crippen LogP contribution < -0.4 is 10.6 Å². The van der Waals surface area contributed by atoms with Crippen LogP contribution in [0.3, 0.4) is 0 Å². The Morgan fingerprint density at radius 3 is 2.61 bits per heavy atom. The summed E-state index contributed by atoms with van der Waals surface area (Å²) >= 11 is 0. The molecular formula is C26H34FN7O4. The van der Waals surface area contributed by atoms with E-state index in [2.05, 4.69) is 30.5 Å². The number of halogens is 1. The second-order valence-corrected chi connectivity index (χ2v) is 9.70. The van der Waals surface area contributed by atoms with Gasteiger partial charge in [0.2, 0.25) is 18.1 Å². The summed E-state index contributed by atoms with van der Waals surface area (Å²) in [6.07, 6.45) is 1.76. The summed E-state index contributed by atoms with van der Waals surface area (Å²) in [6.45, 7) is 3.61. The van der Waals surface area contributed by atoms with Gasteiger partial charge in [-0.3, -0.25) is 4.79 Å². The minimum absolute atomic E-state index is 0.103. The zero-order valence-corrected chi connectivity index (χ0v) is 21.8. The third-order valence-corrected chi connectivity index (χ3v) is 6.09. The van der Waals surface area contributed by atoms with Crippen LogP contribution in [-0.4, -0.2) is 89.4 Å². The van der Waals surface area contributed by atoms with Crippen LogP contribution in [0.2, 0.25) is 0 Å². The number of carbonyl (C=O) groups is 1. The molecule has 0 unspecified atom stereocenters. The van der Waals surface area contributed by atoms with Crippen molar-refractivity contribution in [3.8, 4) is 22.6 Å². The van der Waals surface area contributed by atoms with Crippen LogP contribution in [0.25, 0.3) is 22.6 Å².